The van der Waals surface area contributed by atoms with Gasteiger partial charge in [-0.1, -0.05) is 12.1 Å². The summed E-state index contributed by atoms with van der Waals surface area (Å²) in [6.45, 7) is 3.83. The molecule has 6 nitrogen and oxygen atoms in total. The van der Waals surface area contributed by atoms with Gasteiger partial charge in [0.15, 0.2) is 5.75 Å². The van der Waals surface area contributed by atoms with E-state index in [-0.39, 0.29) is 24.1 Å². The molecule has 0 aliphatic heterocycles. The Kier molecular flexibility index (Phi) is 5.15. The number of pyridine rings is 1. The maximum absolute atomic E-state index is 13.4. The fraction of sp³-hybridized carbons (Fsp3) is 0.273. The molecule has 30 heavy (non-hydrogen) atoms. The van der Waals surface area contributed by atoms with Crippen LogP contribution in [0.1, 0.15) is 23.5 Å². The average Bonchev–Trinajstić information content (AvgIpc) is 3.45. The number of rotatable bonds is 6. The van der Waals surface area contributed by atoms with E-state index in [4.69, 9.17) is 4.74 Å². The highest BCUT2D eigenvalue weighted by Crippen LogP contribution is 2.55. The number of nitrogens with zero attached hydrogens (tertiary/aromatic N) is 3. The van der Waals surface area contributed by atoms with Crippen LogP contribution in [0.15, 0.2) is 48.8 Å². The Labute approximate surface area is 172 Å². The molecule has 1 aromatic carbocycles. The smallest absolute Gasteiger partial charge is 0.229 e. The SMILES string of the molecule is Cc1ncc(OC[C@@]2(c3ccc(F)cc3)C[C@H]2C(=O)Nc2ccc(F)cn2)c(C)n1. The van der Waals surface area contributed by atoms with Gasteiger partial charge in [0.1, 0.15) is 23.3 Å². The van der Waals surface area contributed by atoms with Crippen molar-refractivity contribution in [2.45, 2.75) is 25.7 Å². The molecule has 2 heterocycles. The second kappa shape index (κ2) is 7.78. The molecule has 3 aromatic rings. The minimum absolute atomic E-state index is 0.209. The Hall–Kier alpha value is -3.42. The van der Waals surface area contributed by atoms with Gasteiger partial charge in [0.25, 0.3) is 0 Å². The molecule has 1 aliphatic carbocycles. The zero-order chi connectivity index (χ0) is 21.3. The number of aromatic nitrogens is 3. The second-order valence-electron chi connectivity index (χ2n) is 7.43. The molecule has 1 aliphatic rings. The molecule has 8 heteroatoms. The number of anilines is 1. The van der Waals surface area contributed by atoms with Gasteiger partial charge in [-0.25, -0.2) is 23.7 Å². The molecule has 0 unspecified atom stereocenters. The number of hydrogen-bond donors (Lipinski definition) is 1. The van der Waals surface area contributed by atoms with Gasteiger partial charge >= 0.3 is 0 Å². The number of carbonyl (C=O) groups excluding carboxylic acids is 1. The molecular weight excluding hydrogens is 390 g/mol. The predicted molar refractivity (Wildman–Crippen MR) is 106 cm³/mol. The molecule has 2 aromatic heterocycles. The van der Waals surface area contributed by atoms with Crippen LogP contribution in [0.2, 0.25) is 0 Å². The number of nitrogens with one attached hydrogen (secondary N) is 1. The van der Waals surface area contributed by atoms with Crippen molar-refractivity contribution in [1.29, 1.82) is 0 Å². The van der Waals surface area contributed by atoms with Gasteiger partial charge in [-0.05, 0) is 50.1 Å². The van der Waals surface area contributed by atoms with E-state index < -0.39 is 17.2 Å². The van der Waals surface area contributed by atoms with Crippen LogP contribution in [0.3, 0.4) is 0 Å². The van der Waals surface area contributed by atoms with Crippen LogP contribution in [-0.2, 0) is 10.2 Å². The lowest BCUT2D eigenvalue weighted by atomic mass is 9.93. The normalized spacial score (nSPS) is 19.9. The first-order chi connectivity index (χ1) is 14.4. The highest BCUT2D eigenvalue weighted by Gasteiger charge is 2.60. The molecule has 154 valence electrons. The lowest BCUT2D eigenvalue weighted by Crippen LogP contribution is -2.27. The van der Waals surface area contributed by atoms with E-state index in [0.29, 0.717) is 23.7 Å². The number of ether oxygens (including phenoxy) is 1. The highest BCUT2D eigenvalue weighted by molar-refractivity contribution is 5.95. The van der Waals surface area contributed by atoms with Crippen molar-refractivity contribution in [3.05, 3.63) is 77.5 Å². The summed E-state index contributed by atoms with van der Waals surface area (Å²) in [7, 11) is 0. The summed E-state index contributed by atoms with van der Waals surface area (Å²) < 4.78 is 32.5. The molecule has 2 atom stereocenters. The third kappa shape index (κ3) is 3.98. The minimum Gasteiger partial charge on any atom is -0.489 e. The van der Waals surface area contributed by atoms with Crippen LogP contribution in [0.5, 0.6) is 5.75 Å². The predicted octanol–water partition coefficient (Wildman–Crippen LogP) is 3.74. The minimum atomic E-state index is -0.616. The molecular formula is C22H20F2N4O2. The molecule has 1 N–H and O–H groups in total. The quantitative estimate of drug-likeness (QED) is 0.670. The summed E-state index contributed by atoms with van der Waals surface area (Å²) in [5, 5.41) is 2.71. The van der Waals surface area contributed by atoms with Crippen molar-refractivity contribution in [2.75, 3.05) is 11.9 Å². The molecule has 0 spiro atoms. The lowest BCUT2D eigenvalue weighted by Gasteiger charge is -2.19. The molecule has 1 amide bonds. The standard InChI is InChI=1S/C22H20F2N4O2/c1-13-19(11-25-14(2)27-13)30-12-22(15-3-5-16(23)6-4-15)9-18(22)21(29)28-20-8-7-17(24)10-26-20/h3-8,10-11,18H,9,12H2,1-2H3,(H,26,28,29)/t18-,22+/m0/s1. The summed E-state index contributed by atoms with van der Waals surface area (Å²) in [5.41, 5.74) is 0.894. The van der Waals surface area contributed by atoms with Crippen molar-refractivity contribution in [3.8, 4) is 5.75 Å². The first kappa shape index (κ1) is 19.9. The van der Waals surface area contributed by atoms with Crippen LogP contribution in [-0.4, -0.2) is 27.5 Å². The Morgan fingerprint density at radius 1 is 1.10 bits per heavy atom. The summed E-state index contributed by atoms with van der Waals surface area (Å²) in [5.74, 6) is -0.0405. The van der Waals surface area contributed by atoms with Crippen molar-refractivity contribution < 1.29 is 18.3 Å². The number of benzene rings is 1. The van der Waals surface area contributed by atoms with E-state index in [2.05, 4.69) is 20.3 Å². The van der Waals surface area contributed by atoms with Crippen LogP contribution in [0, 0.1) is 31.4 Å². The van der Waals surface area contributed by atoms with Crippen LogP contribution in [0.4, 0.5) is 14.6 Å². The van der Waals surface area contributed by atoms with E-state index in [1.807, 2.05) is 6.92 Å². The molecule has 4 rings (SSSR count). The second-order valence-corrected chi connectivity index (χ2v) is 7.43. The van der Waals surface area contributed by atoms with E-state index in [0.717, 1.165) is 11.8 Å². The molecule has 0 bridgehead atoms. The van der Waals surface area contributed by atoms with Gasteiger partial charge in [0.05, 0.1) is 30.6 Å². The summed E-state index contributed by atoms with van der Waals surface area (Å²) in [4.78, 5) is 25.2. The number of aryl methyl sites for hydroxylation is 2. The van der Waals surface area contributed by atoms with Crippen LogP contribution < -0.4 is 10.1 Å². The summed E-state index contributed by atoms with van der Waals surface area (Å²) >= 11 is 0. The van der Waals surface area contributed by atoms with Gasteiger partial charge in [-0.2, -0.15) is 0 Å². The van der Waals surface area contributed by atoms with Gasteiger partial charge in [0.2, 0.25) is 5.91 Å². The third-order valence-corrected chi connectivity index (χ3v) is 5.33. The number of hydrogen-bond acceptors (Lipinski definition) is 5. The van der Waals surface area contributed by atoms with E-state index in [1.54, 1.807) is 25.3 Å². The number of carbonyl (C=O) groups is 1. The van der Waals surface area contributed by atoms with E-state index >= 15 is 0 Å². The highest BCUT2D eigenvalue weighted by atomic mass is 19.1. The summed E-state index contributed by atoms with van der Waals surface area (Å²) in [6, 6.07) is 8.70. The Morgan fingerprint density at radius 3 is 2.50 bits per heavy atom. The molecule has 1 saturated carbocycles. The van der Waals surface area contributed by atoms with Crippen LogP contribution >= 0.6 is 0 Å². The van der Waals surface area contributed by atoms with Gasteiger partial charge < -0.3 is 10.1 Å². The van der Waals surface area contributed by atoms with Crippen molar-refractivity contribution >= 4 is 11.7 Å². The van der Waals surface area contributed by atoms with E-state index in [9.17, 15) is 13.6 Å². The molecule has 0 saturated heterocycles. The topological polar surface area (TPSA) is 77.0 Å². The zero-order valence-electron chi connectivity index (χ0n) is 16.5. The largest absolute Gasteiger partial charge is 0.489 e. The number of halogens is 2. The van der Waals surface area contributed by atoms with Gasteiger partial charge in [-0.15, -0.1) is 0 Å². The monoisotopic (exact) mass is 410 g/mol. The maximum Gasteiger partial charge on any atom is 0.229 e. The zero-order valence-corrected chi connectivity index (χ0v) is 16.5. The van der Waals surface area contributed by atoms with Crippen molar-refractivity contribution in [1.82, 2.24) is 15.0 Å². The Balaban J connectivity index is 1.55. The Bertz CT molecular complexity index is 1070. The van der Waals surface area contributed by atoms with Gasteiger partial charge in [-0.3, -0.25) is 4.79 Å². The fourth-order valence-electron chi connectivity index (χ4n) is 3.58. The maximum atomic E-state index is 13.4. The van der Waals surface area contributed by atoms with Crippen molar-refractivity contribution in [2.24, 2.45) is 5.92 Å². The first-order valence-corrected chi connectivity index (χ1v) is 9.49. The first-order valence-electron chi connectivity index (χ1n) is 9.49. The Morgan fingerprint density at radius 2 is 1.83 bits per heavy atom. The summed E-state index contributed by atoms with van der Waals surface area (Å²) in [6.07, 6.45) is 3.17. The van der Waals surface area contributed by atoms with Crippen LogP contribution in [0.25, 0.3) is 0 Å². The van der Waals surface area contributed by atoms with Crippen molar-refractivity contribution in [3.63, 3.8) is 0 Å². The fourth-order valence-corrected chi connectivity index (χ4v) is 3.58. The molecule has 1 fully saturated rings. The van der Waals surface area contributed by atoms with E-state index in [1.165, 1.54) is 24.3 Å². The third-order valence-electron chi connectivity index (χ3n) is 5.33. The van der Waals surface area contributed by atoms with Gasteiger partial charge in [0, 0.05) is 5.41 Å². The number of amides is 1. The molecule has 0 radical (unpaired) electrons. The average molecular weight is 410 g/mol. The lowest BCUT2D eigenvalue weighted by molar-refractivity contribution is -0.117.